The van der Waals surface area contributed by atoms with Gasteiger partial charge in [0.1, 0.15) is 0 Å². The van der Waals surface area contributed by atoms with E-state index in [9.17, 15) is 4.79 Å². The molecule has 0 radical (unpaired) electrons. The molecule has 0 spiro atoms. The molecule has 4 nitrogen and oxygen atoms in total. The monoisotopic (exact) mass is 304 g/mol. The number of amides is 1. The summed E-state index contributed by atoms with van der Waals surface area (Å²) in [5, 5.41) is 15.5. The zero-order chi connectivity index (χ0) is 15.9. The first-order valence-corrected chi connectivity index (χ1v) is 8.29. The van der Waals surface area contributed by atoms with Gasteiger partial charge in [-0.2, -0.15) is 0 Å². The van der Waals surface area contributed by atoms with Crippen molar-refractivity contribution in [1.82, 2.24) is 10.6 Å². The molecule has 0 aliphatic carbocycles. The van der Waals surface area contributed by atoms with Crippen molar-refractivity contribution in [3.8, 4) is 0 Å². The number of aliphatic hydroxyl groups excluding tert-OH is 1. The highest BCUT2D eigenvalue weighted by atomic mass is 16.3. The Morgan fingerprint density at radius 3 is 2.77 bits per heavy atom. The SMILES string of the molecule is CC(C)CC(CCO)CNC(=O)C1Cc2ccccc2CN1. The third-order valence-electron chi connectivity index (χ3n) is 4.30. The summed E-state index contributed by atoms with van der Waals surface area (Å²) in [4.78, 5) is 12.4. The molecular formula is C18H28N2O2. The molecule has 2 atom stereocenters. The van der Waals surface area contributed by atoms with Gasteiger partial charge >= 0.3 is 0 Å². The van der Waals surface area contributed by atoms with Gasteiger partial charge in [0.25, 0.3) is 0 Å². The molecule has 0 aromatic heterocycles. The van der Waals surface area contributed by atoms with Crippen molar-refractivity contribution >= 4 is 5.91 Å². The number of benzene rings is 1. The highest BCUT2D eigenvalue weighted by Gasteiger charge is 2.24. The largest absolute Gasteiger partial charge is 0.396 e. The van der Waals surface area contributed by atoms with Gasteiger partial charge in [-0.1, -0.05) is 38.1 Å². The quantitative estimate of drug-likeness (QED) is 0.720. The van der Waals surface area contributed by atoms with E-state index in [0.29, 0.717) is 18.4 Å². The summed E-state index contributed by atoms with van der Waals surface area (Å²) in [6.45, 7) is 5.93. The molecule has 122 valence electrons. The van der Waals surface area contributed by atoms with E-state index >= 15 is 0 Å². The van der Waals surface area contributed by atoms with Crippen molar-refractivity contribution < 1.29 is 9.90 Å². The van der Waals surface area contributed by atoms with Gasteiger partial charge in [-0.05, 0) is 42.2 Å². The molecule has 2 unspecified atom stereocenters. The summed E-state index contributed by atoms with van der Waals surface area (Å²) in [6.07, 6.45) is 2.53. The normalized spacial score (nSPS) is 18.8. The van der Waals surface area contributed by atoms with E-state index in [1.54, 1.807) is 0 Å². The molecule has 0 bridgehead atoms. The van der Waals surface area contributed by atoms with E-state index in [2.05, 4.69) is 36.6 Å². The first-order valence-electron chi connectivity index (χ1n) is 8.29. The zero-order valence-electron chi connectivity index (χ0n) is 13.6. The summed E-state index contributed by atoms with van der Waals surface area (Å²) in [6, 6.07) is 8.12. The lowest BCUT2D eigenvalue weighted by molar-refractivity contribution is -0.123. The Morgan fingerprint density at radius 2 is 2.09 bits per heavy atom. The van der Waals surface area contributed by atoms with Crippen LogP contribution in [-0.4, -0.2) is 30.2 Å². The minimum atomic E-state index is -0.149. The Balaban J connectivity index is 1.85. The van der Waals surface area contributed by atoms with Crippen molar-refractivity contribution in [3.63, 3.8) is 0 Å². The minimum Gasteiger partial charge on any atom is -0.396 e. The second-order valence-electron chi connectivity index (χ2n) is 6.66. The lowest BCUT2D eigenvalue weighted by Crippen LogP contribution is -2.48. The molecule has 0 fully saturated rings. The van der Waals surface area contributed by atoms with Gasteiger partial charge in [-0.15, -0.1) is 0 Å². The van der Waals surface area contributed by atoms with Crippen LogP contribution in [0, 0.1) is 11.8 Å². The highest BCUT2D eigenvalue weighted by Crippen LogP contribution is 2.17. The highest BCUT2D eigenvalue weighted by molar-refractivity contribution is 5.82. The molecule has 2 rings (SSSR count). The molecule has 1 aromatic rings. The fourth-order valence-corrected chi connectivity index (χ4v) is 3.16. The van der Waals surface area contributed by atoms with Crippen molar-refractivity contribution in [2.24, 2.45) is 11.8 Å². The molecular weight excluding hydrogens is 276 g/mol. The van der Waals surface area contributed by atoms with Gasteiger partial charge in [-0.25, -0.2) is 0 Å². The molecule has 4 heteroatoms. The molecule has 1 aromatic carbocycles. The maximum absolute atomic E-state index is 12.4. The molecule has 0 saturated carbocycles. The van der Waals surface area contributed by atoms with Crippen LogP contribution in [0.5, 0.6) is 0 Å². The zero-order valence-corrected chi connectivity index (χ0v) is 13.6. The minimum absolute atomic E-state index is 0.0706. The number of hydrogen-bond donors (Lipinski definition) is 3. The number of fused-ring (bicyclic) bond motifs is 1. The van der Waals surface area contributed by atoms with Crippen LogP contribution in [0.25, 0.3) is 0 Å². The predicted molar refractivity (Wildman–Crippen MR) is 88.4 cm³/mol. The van der Waals surface area contributed by atoms with Crippen LogP contribution in [0.1, 0.15) is 37.8 Å². The summed E-state index contributed by atoms with van der Waals surface area (Å²) < 4.78 is 0. The van der Waals surface area contributed by atoms with Crippen LogP contribution in [0.15, 0.2) is 24.3 Å². The average molecular weight is 304 g/mol. The summed E-state index contributed by atoms with van der Waals surface area (Å²) >= 11 is 0. The molecule has 3 N–H and O–H groups in total. The third-order valence-corrected chi connectivity index (χ3v) is 4.30. The van der Waals surface area contributed by atoms with E-state index in [-0.39, 0.29) is 18.6 Å². The topological polar surface area (TPSA) is 61.4 Å². The Morgan fingerprint density at radius 1 is 1.36 bits per heavy atom. The van der Waals surface area contributed by atoms with Gasteiger partial charge < -0.3 is 15.7 Å². The number of hydrogen-bond acceptors (Lipinski definition) is 3. The first kappa shape index (κ1) is 17.0. The smallest absolute Gasteiger partial charge is 0.237 e. The molecule has 1 heterocycles. The summed E-state index contributed by atoms with van der Waals surface area (Å²) in [5.74, 6) is 0.999. The van der Waals surface area contributed by atoms with Crippen molar-refractivity contribution in [1.29, 1.82) is 0 Å². The van der Waals surface area contributed by atoms with E-state index in [1.807, 2.05) is 12.1 Å². The summed E-state index contributed by atoms with van der Waals surface area (Å²) in [5.41, 5.74) is 2.54. The number of rotatable bonds is 7. The van der Waals surface area contributed by atoms with Gasteiger partial charge in [0.15, 0.2) is 0 Å². The van der Waals surface area contributed by atoms with E-state index < -0.39 is 0 Å². The maximum atomic E-state index is 12.4. The lowest BCUT2D eigenvalue weighted by Gasteiger charge is -2.26. The Hall–Kier alpha value is -1.39. The molecule has 1 aliphatic heterocycles. The van der Waals surface area contributed by atoms with Gasteiger partial charge in [0.05, 0.1) is 6.04 Å². The second kappa shape index (κ2) is 8.30. The predicted octanol–water partition coefficient (Wildman–Crippen LogP) is 1.86. The van der Waals surface area contributed by atoms with Crippen molar-refractivity contribution in [2.45, 2.75) is 45.7 Å². The number of nitrogens with one attached hydrogen (secondary N) is 2. The fraction of sp³-hybridized carbons (Fsp3) is 0.611. The van der Waals surface area contributed by atoms with Gasteiger partial charge in [0, 0.05) is 19.7 Å². The lowest BCUT2D eigenvalue weighted by atomic mass is 9.93. The van der Waals surface area contributed by atoms with E-state index in [4.69, 9.17) is 5.11 Å². The van der Waals surface area contributed by atoms with Crippen LogP contribution in [-0.2, 0) is 17.8 Å². The Labute approximate surface area is 133 Å². The van der Waals surface area contributed by atoms with Crippen LogP contribution >= 0.6 is 0 Å². The first-order chi connectivity index (χ1) is 10.6. The maximum Gasteiger partial charge on any atom is 0.237 e. The Kier molecular flexibility index (Phi) is 6.40. The Bertz CT molecular complexity index is 488. The summed E-state index contributed by atoms with van der Waals surface area (Å²) in [7, 11) is 0. The van der Waals surface area contributed by atoms with Crippen molar-refractivity contribution in [2.75, 3.05) is 13.2 Å². The van der Waals surface area contributed by atoms with Crippen LogP contribution < -0.4 is 10.6 Å². The fourth-order valence-electron chi connectivity index (χ4n) is 3.16. The standard InChI is InChI=1S/C18H28N2O2/c1-13(2)9-14(7-8-21)11-20-18(22)17-10-15-5-3-4-6-16(15)12-19-17/h3-6,13-14,17,19,21H,7-12H2,1-2H3,(H,20,22). The van der Waals surface area contributed by atoms with E-state index in [0.717, 1.165) is 25.8 Å². The number of carbonyl (C=O) groups excluding carboxylic acids is 1. The average Bonchev–Trinajstić information content (AvgIpc) is 2.51. The van der Waals surface area contributed by atoms with Crippen LogP contribution in [0.2, 0.25) is 0 Å². The third kappa shape index (κ3) is 4.82. The van der Waals surface area contributed by atoms with Gasteiger partial charge in [-0.3, -0.25) is 4.79 Å². The van der Waals surface area contributed by atoms with Crippen LogP contribution in [0.4, 0.5) is 0 Å². The van der Waals surface area contributed by atoms with Crippen LogP contribution in [0.3, 0.4) is 0 Å². The van der Waals surface area contributed by atoms with Crippen molar-refractivity contribution in [3.05, 3.63) is 35.4 Å². The number of aliphatic hydroxyl groups is 1. The molecule has 22 heavy (non-hydrogen) atoms. The van der Waals surface area contributed by atoms with Gasteiger partial charge in [0.2, 0.25) is 5.91 Å². The van der Waals surface area contributed by atoms with E-state index in [1.165, 1.54) is 11.1 Å². The number of carbonyl (C=O) groups is 1. The molecule has 0 saturated heterocycles. The molecule has 1 amide bonds. The second-order valence-corrected chi connectivity index (χ2v) is 6.66. The molecule has 1 aliphatic rings.